The van der Waals surface area contributed by atoms with Gasteiger partial charge in [-0.15, -0.1) is 0 Å². The lowest BCUT2D eigenvalue weighted by atomic mass is 10.0. The molecule has 0 aliphatic heterocycles. The Morgan fingerprint density at radius 2 is 1.78 bits per heavy atom. The molecule has 0 saturated heterocycles. The molecule has 0 spiro atoms. The maximum absolute atomic E-state index is 12.5. The van der Waals surface area contributed by atoms with Crippen LogP contribution in [-0.4, -0.2) is 30.6 Å². The van der Waals surface area contributed by atoms with Crippen molar-refractivity contribution in [2.75, 3.05) is 10.6 Å². The molecule has 1 aliphatic rings. The molecule has 1 fully saturated rings. The van der Waals surface area contributed by atoms with Gasteiger partial charge < -0.3 is 10.6 Å². The van der Waals surface area contributed by atoms with E-state index in [0.717, 1.165) is 33.8 Å². The molecule has 160 valence electrons. The number of rotatable bonds is 7. The molecule has 2 N–H and O–H groups in total. The molecule has 0 unspecified atom stereocenters. The summed E-state index contributed by atoms with van der Waals surface area (Å²) in [6.07, 6.45) is 11.6. The SMILES string of the molecule is Cn1cc(Nc2ncc(-c3ccc(CC(=O)Nc4ccnc(C5CC5)c4)cc3)cn2)cn1. The zero-order valence-corrected chi connectivity index (χ0v) is 17.7. The Kier molecular flexibility index (Phi) is 5.33. The van der Waals surface area contributed by atoms with Crippen molar-refractivity contribution in [2.24, 2.45) is 7.05 Å². The summed E-state index contributed by atoms with van der Waals surface area (Å²) < 4.78 is 1.71. The van der Waals surface area contributed by atoms with Gasteiger partial charge in [-0.1, -0.05) is 24.3 Å². The summed E-state index contributed by atoms with van der Waals surface area (Å²) >= 11 is 0. The Labute approximate surface area is 185 Å². The zero-order valence-electron chi connectivity index (χ0n) is 17.7. The highest BCUT2D eigenvalue weighted by Crippen LogP contribution is 2.39. The minimum absolute atomic E-state index is 0.0418. The van der Waals surface area contributed by atoms with Crippen molar-refractivity contribution in [3.63, 3.8) is 0 Å². The molecule has 0 bridgehead atoms. The van der Waals surface area contributed by atoms with E-state index >= 15 is 0 Å². The summed E-state index contributed by atoms with van der Waals surface area (Å²) in [6.45, 7) is 0. The van der Waals surface area contributed by atoms with Gasteiger partial charge in [0.25, 0.3) is 0 Å². The topological polar surface area (TPSA) is 97.6 Å². The Balaban J connectivity index is 1.19. The Hall–Kier alpha value is -4.07. The van der Waals surface area contributed by atoms with Crippen molar-refractivity contribution in [2.45, 2.75) is 25.2 Å². The van der Waals surface area contributed by atoms with Crippen LogP contribution in [0.5, 0.6) is 0 Å². The highest BCUT2D eigenvalue weighted by molar-refractivity contribution is 5.92. The first-order chi connectivity index (χ1) is 15.6. The first-order valence-electron chi connectivity index (χ1n) is 10.6. The van der Waals surface area contributed by atoms with Gasteiger partial charge in [-0.05, 0) is 36.1 Å². The van der Waals surface area contributed by atoms with Crippen molar-refractivity contribution < 1.29 is 4.79 Å². The van der Waals surface area contributed by atoms with Crippen molar-refractivity contribution in [3.05, 3.63) is 78.6 Å². The van der Waals surface area contributed by atoms with Crippen LogP contribution in [0.4, 0.5) is 17.3 Å². The third-order valence-electron chi connectivity index (χ3n) is 5.33. The highest BCUT2D eigenvalue weighted by Gasteiger charge is 2.25. The van der Waals surface area contributed by atoms with E-state index in [1.165, 1.54) is 12.8 Å². The van der Waals surface area contributed by atoms with Gasteiger partial charge in [-0.3, -0.25) is 14.5 Å². The second kappa shape index (κ2) is 8.58. The van der Waals surface area contributed by atoms with E-state index in [-0.39, 0.29) is 5.91 Å². The van der Waals surface area contributed by atoms with E-state index in [1.54, 1.807) is 29.5 Å². The fraction of sp³-hybridized carbons (Fsp3) is 0.208. The summed E-state index contributed by atoms with van der Waals surface area (Å²) in [5.74, 6) is 1.03. The highest BCUT2D eigenvalue weighted by atomic mass is 16.1. The smallest absolute Gasteiger partial charge is 0.228 e. The van der Waals surface area contributed by atoms with E-state index in [9.17, 15) is 4.79 Å². The summed E-state index contributed by atoms with van der Waals surface area (Å²) in [7, 11) is 1.85. The first kappa shape index (κ1) is 19.9. The van der Waals surface area contributed by atoms with E-state index < -0.39 is 0 Å². The quantitative estimate of drug-likeness (QED) is 0.463. The second-order valence-corrected chi connectivity index (χ2v) is 7.99. The molecule has 8 nitrogen and oxygen atoms in total. The summed E-state index contributed by atoms with van der Waals surface area (Å²) in [6, 6.07) is 11.7. The molecule has 3 heterocycles. The van der Waals surface area contributed by atoms with Gasteiger partial charge in [-0.25, -0.2) is 9.97 Å². The van der Waals surface area contributed by atoms with Gasteiger partial charge in [0.1, 0.15) is 0 Å². The normalized spacial score (nSPS) is 13.0. The lowest BCUT2D eigenvalue weighted by Crippen LogP contribution is -2.14. The Bertz CT molecular complexity index is 1230. The van der Waals surface area contributed by atoms with Crippen molar-refractivity contribution >= 4 is 23.2 Å². The molecule has 1 aliphatic carbocycles. The average Bonchev–Trinajstić information content (AvgIpc) is 3.57. The summed E-state index contributed by atoms with van der Waals surface area (Å²) in [5.41, 5.74) is 5.54. The molecule has 1 saturated carbocycles. The monoisotopic (exact) mass is 425 g/mol. The maximum Gasteiger partial charge on any atom is 0.228 e. The first-order valence-corrected chi connectivity index (χ1v) is 10.6. The number of amides is 1. The number of carbonyl (C=O) groups excluding carboxylic acids is 1. The average molecular weight is 425 g/mol. The van der Waals surface area contributed by atoms with Crippen LogP contribution >= 0.6 is 0 Å². The van der Waals surface area contributed by atoms with E-state index in [1.807, 2.05) is 49.6 Å². The molecule has 0 radical (unpaired) electrons. The minimum Gasteiger partial charge on any atom is -0.326 e. The predicted octanol–water partition coefficient (Wildman–Crippen LogP) is 4.07. The van der Waals surface area contributed by atoms with E-state index in [2.05, 4.69) is 30.7 Å². The lowest BCUT2D eigenvalue weighted by Gasteiger charge is -2.08. The molecular formula is C24H23N7O. The summed E-state index contributed by atoms with van der Waals surface area (Å²) in [4.78, 5) is 25.6. The maximum atomic E-state index is 12.5. The van der Waals surface area contributed by atoms with E-state index in [4.69, 9.17) is 0 Å². The zero-order chi connectivity index (χ0) is 21.9. The van der Waals surface area contributed by atoms with Gasteiger partial charge >= 0.3 is 0 Å². The predicted molar refractivity (Wildman–Crippen MR) is 123 cm³/mol. The molecule has 32 heavy (non-hydrogen) atoms. The molecule has 1 amide bonds. The number of aromatic nitrogens is 5. The van der Waals surface area contributed by atoms with Crippen LogP contribution in [0.15, 0.2) is 67.4 Å². The summed E-state index contributed by atoms with van der Waals surface area (Å²) in [5, 5.41) is 10.2. The largest absolute Gasteiger partial charge is 0.326 e. The number of hydrogen-bond acceptors (Lipinski definition) is 6. The standard InChI is InChI=1S/C24H23N7O/c1-31-15-21(14-28-31)30-24-26-12-19(13-27-24)17-4-2-16(3-5-17)10-23(32)29-20-8-9-25-22(11-20)18-6-7-18/h2-5,8-9,11-15,18H,6-7,10H2,1H3,(H,25,29,32)(H,26,27,30). The van der Waals surface area contributed by atoms with Gasteiger partial charge in [0.15, 0.2) is 0 Å². The molecule has 4 aromatic rings. The van der Waals surface area contributed by atoms with Crippen LogP contribution < -0.4 is 10.6 Å². The number of nitrogens with one attached hydrogen (secondary N) is 2. The second-order valence-electron chi connectivity index (χ2n) is 7.99. The van der Waals surface area contributed by atoms with Crippen molar-refractivity contribution in [3.8, 4) is 11.1 Å². The van der Waals surface area contributed by atoms with Gasteiger partial charge in [0.2, 0.25) is 11.9 Å². The number of pyridine rings is 1. The van der Waals surface area contributed by atoms with Crippen LogP contribution in [-0.2, 0) is 18.3 Å². The van der Waals surface area contributed by atoms with Crippen molar-refractivity contribution in [1.82, 2.24) is 24.7 Å². The third kappa shape index (κ3) is 4.80. The van der Waals surface area contributed by atoms with Gasteiger partial charge in [-0.2, -0.15) is 5.10 Å². The molecule has 8 heteroatoms. The van der Waals surface area contributed by atoms with Crippen LogP contribution in [0.1, 0.15) is 30.0 Å². The number of carbonyl (C=O) groups is 1. The van der Waals surface area contributed by atoms with Crippen molar-refractivity contribution in [1.29, 1.82) is 0 Å². The number of benzene rings is 1. The Morgan fingerprint density at radius 3 is 2.47 bits per heavy atom. The Morgan fingerprint density at radius 1 is 1.00 bits per heavy atom. The van der Waals surface area contributed by atoms with Crippen LogP contribution in [0.2, 0.25) is 0 Å². The molecule has 5 rings (SSSR count). The van der Waals surface area contributed by atoms with Crippen LogP contribution in [0.3, 0.4) is 0 Å². The van der Waals surface area contributed by atoms with Gasteiger partial charge in [0.05, 0.1) is 18.3 Å². The minimum atomic E-state index is -0.0418. The fourth-order valence-electron chi connectivity index (χ4n) is 3.49. The van der Waals surface area contributed by atoms with Crippen LogP contribution in [0.25, 0.3) is 11.1 Å². The number of nitrogens with zero attached hydrogens (tertiary/aromatic N) is 5. The molecule has 1 aromatic carbocycles. The molecule has 0 atom stereocenters. The molecular weight excluding hydrogens is 402 g/mol. The number of hydrogen-bond donors (Lipinski definition) is 2. The van der Waals surface area contributed by atoms with Gasteiger partial charge in [0, 0.05) is 54.7 Å². The number of aryl methyl sites for hydroxylation is 1. The fourth-order valence-corrected chi connectivity index (χ4v) is 3.49. The number of anilines is 3. The third-order valence-corrected chi connectivity index (χ3v) is 5.33. The lowest BCUT2D eigenvalue weighted by molar-refractivity contribution is -0.115. The van der Waals surface area contributed by atoms with Crippen LogP contribution in [0, 0.1) is 0 Å². The molecule has 3 aromatic heterocycles. The van der Waals surface area contributed by atoms with E-state index in [0.29, 0.717) is 18.3 Å².